The fourth-order valence-electron chi connectivity index (χ4n) is 2.72. The van der Waals surface area contributed by atoms with Crippen LogP contribution in [0, 0.1) is 5.92 Å². The van der Waals surface area contributed by atoms with Crippen LogP contribution < -0.4 is 10.1 Å². The number of hydrogen-bond acceptors (Lipinski definition) is 3. The smallest absolute Gasteiger partial charge is 0.124 e. The van der Waals surface area contributed by atoms with Crippen molar-refractivity contribution in [2.24, 2.45) is 5.92 Å². The van der Waals surface area contributed by atoms with Crippen LogP contribution in [0.3, 0.4) is 0 Å². The quantitative estimate of drug-likeness (QED) is 0.900. The molecule has 1 fully saturated rings. The van der Waals surface area contributed by atoms with Gasteiger partial charge in [-0.15, -0.1) is 0 Å². The number of likely N-dealkylation sites (tertiary alicyclic amines) is 1. The zero-order valence-electron chi connectivity index (χ0n) is 11.8. The first kappa shape index (κ1) is 14.8. The van der Waals surface area contributed by atoms with E-state index in [9.17, 15) is 0 Å². The summed E-state index contributed by atoms with van der Waals surface area (Å²) < 4.78 is 6.46. The summed E-state index contributed by atoms with van der Waals surface area (Å²) in [5, 5.41) is 3.56. The second-order valence-corrected chi connectivity index (χ2v) is 6.27. The van der Waals surface area contributed by atoms with Gasteiger partial charge in [-0.05, 0) is 51.0 Å². The normalized spacial score (nSPS) is 20.5. The highest BCUT2D eigenvalue weighted by Crippen LogP contribution is 2.23. The van der Waals surface area contributed by atoms with Gasteiger partial charge < -0.3 is 15.0 Å². The van der Waals surface area contributed by atoms with Gasteiger partial charge in [-0.2, -0.15) is 0 Å². The molecule has 1 saturated heterocycles. The monoisotopic (exact) mass is 326 g/mol. The van der Waals surface area contributed by atoms with E-state index in [0.717, 1.165) is 29.2 Å². The Hall–Kier alpha value is -0.580. The van der Waals surface area contributed by atoms with E-state index in [2.05, 4.69) is 45.3 Å². The van der Waals surface area contributed by atoms with E-state index in [1.807, 2.05) is 6.07 Å². The molecule has 1 aromatic rings. The van der Waals surface area contributed by atoms with Crippen molar-refractivity contribution in [3.05, 3.63) is 28.2 Å². The number of rotatable bonds is 5. The van der Waals surface area contributed by atoms with Crippen LogP contribution >= 0.6 is 15.9 Å². The first-order valence-electron chi connectivity index (χ1n) is 6.90. The predicted octanol–water partition coefficient (Wildman–Crippen LogP) is 2.89. The lowest BCUT2D eigenvalue weighted by Crippen LogP contribution is -2.37. The molecule has 0 bridgehead atoms. The van der Waals surface area contributed by atoms with Crippen LogP contribution in [-0.4, -0.2) is 38.7 Å². The Kier molecular flexibility index (Phi) is 5.67. The third kappa shape index (κ3) is 4.48. The highest BCUT2D eigenvalue weighted by Gasteiger charge is 2.16. The Labute approximate surface area is 124 Å². The molecular formula is C15H23BrN2O. The van der Waals surface area contributed by atoms with Crippen molar-refractivity contribution in [2.75, 3.05) is 33.8 Å². The molecule has 1 aromatic carbocycles. The molecular weight excluding hydrogens is 304 g/mol. The summed E-state index contributed by atoms with van der Waals surface area (Å²) in [6.45, 7) is 4.42. The fraction of sp³-hybridized carbons (Fsp3) is 0.600. The van der Waals surface area contributed by atoms with E-state index in [1.54, 1.807) is 7.11 Å². The lowest BCUT2D eigenvalue weighted by molar-refractivity contribution is 0.206. The molecule has 1 aliphatic rings. The molecule has 0 radical (unpaired) electrons. The summed E-state index contributed by atoms with van der Waals surface area (Å²) in [4.78, 5) is 2.43. The maximum absolute atomic E-state index is 5.41. The fourth-order valence-corrected chi connectivity index (χ4v) is 3.06. The average molecular weight is 327 g/mol. The molecule has 0 spiro atoms. The van der Waals surface area contributed by atoms with Gasteiger partial charge in [-0.1, -0.05) is 22.0 Å². The van der Waals surface area contributed by atoms with Gasteiger partial charge in [0.05, 0.1) is 7.11 Å². The number of nitrogens with one attached hydrogen (secondary N) is 1. The second kappa shape index (κ2) is 7.27. The van der Waals surface area contributed by atoms with Crippen LogP contribution in [0.25, 0.3) is 0 Å². The first-order chi connectivity index (χ1) is 9.19. The van der Waals surface area contributed by atoms with Crippen LogP contribution in [0.15, 0.2) is 22.7 Å². The van der Waals surface area contributed by atoms with E-state index in [1.165, 1.54) is 31.5 Å². The molecule has 0 amide bonds. The van der Waals surface area contributed by atoms with Crippen molar-refractivity contribution in [3.8, 4) is 5.75 Å². The van der Waals surface area contributed by atoms with Crippen LogP contribution in [0.4, 0.5) is 0 Å². The Morgan fingerprint density at radius 3 is 3.05 bits per heavy atom. The Bertz CT molecular complexity index is 411. The second-order valence-electron chi connectivity index (χ2n) is 5.36. The highest BCUT2D eigenvalue weighted by atomic mass is 79.9. The van der Waals surface area contributed by atoms with Crippen LogP contribution in [0.2, 0.25) is 0 Å². The largest absolute Gasteiger partial charge is 0.496 e. The van der Waals surface area contributed by atoms with Gasteiger partial charge in [0, 0.05) is 23.1 Å². The Morgan fingerprint density at radius 2 is 2.32 bits per heavy atom. The van der Waals surface area contributed by atoms with Gasteiger partial charge in [0.25, 0.3) is 0 Å². The molecule has 3 nitrogen and oxygen atoms in total. The highest BCUT2D eigenvalue weighted by molar-refractivity contribution is 9.10. The van der Waals surface area contributed by atoms with Crippen molar-refractivity contribution in [3.63, 3.8) is 0 Å². The van der Waals surface area contributed by atoms with Gasteiger partial charge in [-0.3, -0.25) is 0 Å². The van der Waals surface area contributed by atoms with E-state index in [-0.39, 0.29) is 0 Å². The number of hydrogen-bond donors (Lipinski definition) is 1. The number of benzene rings is 1. The summed E-state index contributed by atoms with van der Waals surface area (Å²) in [5.74, 6) is 1.72. The topological polar surface area (TPSA) is 24.5 Å². The van der Waals surface area contributed by atoms with E-state index in [0.29, 0.717) is 0 Å². The van der Waals surface area contributed by atoms with Crippen molar-refractivity contribution in [2.45, 2.75) is 19.4 Å². The Morgan fingerprint density at radius 1 is 1.47 bits per heavy atom. The Balaban J connectivity index is 1.82. The maximum atomic E-state index is 5.41. The molecule has 1 aliphatic heterocycles. The minimum absolute atomic E-state index is 0.778. The minimum Gasteiger partial charge on any atom is -0.496 e. The van der Waals surface area contributed by atoms with Gasteiger partial charge >= 0.3 is 0 Å². The maximum Gasteiger partial charge on any atom is 0.124 e. The molecule has 0 saturated carbocycles. The summed E-state index contributed by atoms with van der Waals surface area (Å²) in [6, 6.07) is 6.20. The number of ether oxygens (including phenoxy) is 1. The van der Waals surface area contributed by atoms with Crippen molar-refractivity contribution in [1.29, 1.82) is 0 Å². The standard InChI is InChI=1S/C15H23BrN2O/c1-18-7-3-4-12(11-18)9-17-10-13-5-6-14(16)8-15(13)19-2/h5-6,8,12,17H,3-4,7,9-11H2,1-2H3. The summed E-state index contributed by atoms with van der Waals surface area (Å²) >= 11 is 3.47. The SMILES string of the molecule is COc1cc(Br)ccc1CNCC1CCCN(C)C1. The van der Waals surface area contributed by atoms with Crippen LogP contribution in [0.1, 0.15) is 18.4 Å². The van der Waals surface area contributed by atoms with Gasteiger partial charge in [0.1, 0.15) is 5.75 Å². The molecule has 19 heavy (non-hydrogen) atoms. The molecule has 1 N–H and O–H groups in total. The number of piperidine rings is 1. The number of halogens is 1. The molecule has 1 heterocycles. The van der Waals surface area contributed by atoms with E-state index in [4.69, 9.17) is 4.74 Å². The summed E-state index contributed by atoms with van der Waals surface area (Å²) in [6.07, 6.45) is 2.67. The molecule has 2 rings (SSSR count). The van der Waals surface area contributed by atoms with E-state index >= 15 is 0 Å². The number of methoxy groups -OCH3 is 1. The van der Waals surface area contributed by atoms with Crippen LogP contribution in [-0.2, 0) is 6.54 Å². The summed E-state index contributed by atoms with van der Waals surface area (Å²) in [7, 11) is 3.94. The van der Waals surface area contributed by atoms with Gasteiger partial charge in [0.2, 0.25) is 0 Å². The molecule has 4 heteroatoms. The third-order valence-electron chi connectivity index (χ3n) is 3.72. The zero-order chi connectivity index (χ0) is 13.7. The van der Waals surface area contributed by atoms with Crippen molar-refractivity contribution >= 4 is 15.9 Å². The third-order valence-corrected chi connectivity index (χ3v) is 4.21. The average Bonchev–Trinajstić information content (AvgIpc) is 2.40. The molecule has 1 unspecified atom stereocenters. The lowest BCUT2D eigenvalue weighted by atomic mass is 9.98. The van der Waals surface area contributed by atoms with Gasteiger partial charge in [0.15, 0.2) is 0 Å². The van der Waals surface area contributed by atoms with E-state index < -0.39 is 0 Å². The molecule has 0 aliphatic carbocycles. The molecule has 1 atom stereocenters. The van der Waals surface area contributed by atoms with Gasteiger partial charge in [-0.25, -0.2) is 0 Å². The minimum atomic E-state index is 0.778. The number of nitrogens with zero attached hydrogens (tertiary/aromatic N) is 1. The van der Waals surface area contributed by atoms with Crippen molar-refractivity contribution in [1.82, 2.24) is 10.2 Å². The van der Waals surface area contributed by atoms with Crippen molar-refractivity contribution < 1.29 is 4.74 Å². The van der Waals surface area contributed by atoms with Crippen LogP contribution in [0.5, 0.6) is 5.75 Å². The first-order valence-corrected chi connectivity index (χ1v) is 7.70. The lowest BCUT2D eigenvalue weighted by Gasteiger charge is -2.29. The zero-order valence-corrected chi connectivity index (χ0v) is 13.4. The molecule has 106 valence electrons. The summed E-state index contributed by atoms with van der Waals surface area (Å²) in [5.41, 5.74) is 1.22. The predicted molar refractivity (Wildman–Crippen MR) is 82.6 cm³/mol. The molecule has 0 aromatic heterocycles.